The predicted molar refractivity (Wildman–Crippen MR) is 81.9 cm³/mol. The number of nitrogens with one attached hydrogen (secondary N) is 1. The van der Waals surface area contributed by atoms with E-state index in [0.29, 0.717) is 11.7 Å². The van der Waals surface area contributed by atoms with Crippen molar-refractivity contribution < 1.29 is 0 Å². The van der Waals surface area contributed by atoms with Gasteiger partial charge in [0.2, 0.25) is 0 Å². The van der Waals surface area contributed by atoms with Crippen LogP contribution in [0.3, 0.4) is 0 Å². The van der Waals surface area contributed by atoms with Crippen molar-refractivity contribution in [3.63, 3.8) is 0 Å². The fourth-order valence-electron chi connectivity index (χ4n) is 1.67. The quantitative estimate of drug-likeness (QED) is 0.630. The van der Waals surface area contributed by atoms with Crippen molar-refractivity contribution >= 4 is 27.7 Å². The van der Waals surface area contributed by atoms with E-state index < -0.39 is 11.1 Å². The molecule has 0 aliphatic carbocycles. The minimum Gasteiger partial charge on any atom is -0.329 e. The molecule has 1 aromatic carbocycles. The zero-order chi connectivity index (χ0) is 14.7. The van der Waals surface area contributed by atoms with Crippen LogP contribution in [0.2, 0.25) is 0 Å². The summed E-state index contributed by atoms with van der Waals surface area (Å²) in [5.41, 5.74) is 5.29. The average molecular weight is 357 g/mol. The molecule has 0 aliphatic rings. The number of aromatic amines is 1. The van der Waals surface area contributed by atoms with Crippen LogP contribution in [0, 0.1) is 0 Å². The predicted octanol–water partition coefficient (Wildman–Crippen LogP) is 1.02. The SMILES string of the molecule is Cn1[nH]c(=O)c(=O)nc1SC(CN)c1ccccc1Br. The van der Waals surface area contributed by atoms with E-state index in [4.69, 9.17) is 5.73 Å². The number of hydrogen-bond donors (Lipinski definition) is 2. The number of H-pyrrole nitrogens is 1. The summed E-state index contributed by atoms with van der Waals surface area (Å²) in [6.07, 6.45) is 0. The average Bonchev–Trinajstić information content (AvgIpc) is 2.42. The summed E-state index contributed by atoms with van der Waals surface area (Å²) in [5.74, 6) is 0. The molecule has 1 heterocycles. The van der Waals surface area contributed by atoms with Crippen LogP contribution in [-0.2, 0) is 7.05 Å². The molecular weight excluding hydrogens is 344 g/mol. The first-order valence-corrected chi connectivity index (χ1v) is 7.48. The summed E-state index contributed by atoms with van der Waals surface area (Å²) >= 11 is 4.81. The fourth-order valence-corrected chi connectivity index (χ4v) is 3.40. The summed E-state index contributed by atoms with van der Waals surface area (Å²) in [4.78, 5) is 26.3. The number of thioether (sulfide) groups is 1. The summed E-state index contributed by atoms with van der Waals surface area (Å²) < 4.78 is 2.37. The number of nitrogens with zero attached hydrogens (tertiary/aromatic N) is 2. The molecule has 2 rings (SSSR count). The molecule has 0 amide bonds. The van der Waals surface area contributed by atoms with Gasteiger partial charge in [-0.25, -0.2) is 0 Å². The third-order valence-electron chi connectivity index (χ3n) is 2.66. The van der Waals surface area contributed by atoms with E-state index in [2.05, 4.69) is 26.0 Å². The van der Waals surface area contributed by atoms with Crippen molar-refractivity contribution in [3.8, 4) is 0 Å². The van der Waals surface area contributed by atoms with Crippen LogP contribution in [0.5, 0.6) is 0 Å². The van der Waals surface area contributed by atoms with Crippen LogP contribution in [0.1, 0.15) is 10.8 Å². The molecule has 1 atom stereocenters. The van der Waals surface area contributed by atoms with Gasteiger partial charge in [-0.1, -0.05) is 45.9 Å². The van der Waals surface area contributed by atoms with E-state index in [1.54, 1.807) is 7.05 Å². The monoisotopic (exact) mass is 356 g/mol. The van der Waals surface area contributed by atoms with Crippen LogP contribution in [0.4, 0.5) is 0 Å². The first-order chi connectivity index (χ1) is 9.52. The lowest BCUT2D eigenvalue weighted by molar-refractivity contribution is 0.595. The van der Waals surface area contributed by atoms with E-state index >= 15 is 0 Å². The molecule has 1 aromatic heterocycles. The highest BCUT2D eigenvalue weighted by Gasteiger charge is 2.17. The molecule has 0 radical (unpaired) electrons. The highest BCUT2D eigenvalue weighted by atomic mass is 79.9. The molecule has 0 fully saturated rings. The Morgan fingerprint density at radius 2 is 2.15 bits per heavy atom. The second-order valence-corrected chi connectivity index (χ2v) is 6.09. The van der Waals surface area contributed by atoms with Crippen LogP contribution in [0.25, 0.3) is 0 Å². The highest BCUT2D eigenvalue weighted by Crippen LogP contribution is 2.35. The number of halogens is 1. The zero-order valence-corrected chi connectivity index (χ0v) is 13.1. The summed E-state index contributed by atoms with van der Waals surface area (Å²) in [6, 6.07) is 7.72. The Hall–Kier alpha value is -1.38. The molecule has 1 unspecified atom stereocenters. The van der Waals surface area contributed by atoms with Gasteiger partial charge in [-0.15, -0.1) is 0 Å². The highest BCUT2D eigenvalue weighted by molar-refractivity contribution is 9.10. The Morgan fingerprint density at radius 3 is 2.80 bits per heavy atom. The van der Waals surface area contributed by atoms with Gasteiger partial charge >= 0.3 is 11.1 Å². The van der Waals surface area contributed by atoms with Crippen molar-refractivity contribution in [2.45, 2.75) is 10.4 Å². The van der Waals surface area contributed by atoms with Gasteiger partial charge in [0.1, 0.15) is 0 Å². The van der Waals surface area contributed by atoms with Crippen molar-refractivity contribution in [3.05, 3.63) is 55.0 Å². The van der Waals surface area contributed by atoms with Gasteiger partial charge in [0.25, 0.3) is 0 Å². The molecule has 0 saturated carbocycles. The molecule has 0 aliphatic heterocycles. The van der Waals surface area contributed by atoms with E-state index in [9.17, 15) is 9.59 Å². The Balaban J connectivity index is 2.37. The number of aryl methyl sites for hydroxylation is 1. The molecule has 106 valence electrons. The van der Waals surface area contributed by atoms with Gasteiger partial charge in [-0.05, 0) is 11.6 Å². The molecular formula is C12H13BrN4O2S. The normalized spacial score (nSPS) is 12.3. The van der Waals surface area contributed by atoms with Gasteiger partial charge in [-0.3, -0.25) is 19.4 Å². The van der Waals surface area contributed by atoms with Crippen molar-refractivity contribution in [2.24, 2.45) is 12.8 Å². The van der Waals surface area contributed by atoms with Gasteiger partial charge < -0.3 is 5.73 Å². The first-order valence-electron chi connectivity index (χ1n) is 5.81. The van der Waals surface area contributed by atoms with Gasteiger partial charge in [0.15, 0.2) is 5.16 Å². The molecule has 6 nitrogen and oxygen atoms in total. The smallest absolute Gasteiger partial charge is 0.329 e. The van der Waals surface area contributed by atoms with Gasteiger partial charge in [0, 0.05) is 18.1 Å². The Bertz CT molecular complexity index is 728. The van der Waals surface area contributed by atoms with Crippen molar-refractivity contribution in [1.29, 1.82) is 0 Å². The number of aromatic nitrogens is 3. The number of benzene rings is 1. The van der Waals surface area contributed by atoms with E-state index in [1.807, 2.05) is 24.3 Å². The minimum absolute atomic E-state index is 0.0745. The molecule has 20 heavy (non-hydrogen) atoms. The second-order valence-electron chi connectivity index (χ2n) is 4.06. The van der Waals surface area contributed by atoms with E-state index in [0.717, 1.165) is 10.0 Å². The zero-order valence-electron chi connectivity index (χ0n) is 10.7. The topological polar surface area (TPSA) is 93.8 Å². The minimum atomic E-state index is -0.798. The van der Waals surface area contributed by atoms with Crippen molar-refractivity contribution in [1.82, 2.24) is 14.8 Å². The third kappa shape index (κ3) is 3.20. The molecule has 2 aromatic rings. The second kappa shape index (κ2) is 6.38. The largest absolute Gasteiger partial charge is 0.339 e. The lowest BCUT2D eigenvalue weighted by Crippen LogP contribution is -2.34. The third-order valence-corrected chi connectivity index (χ3v) is 4.69. The maximum atomic E-state index is 11.3. The van der Waals surface area contributed by atoms with Crippen LogP contribution in [-0.4, -0.2) is 21.3 Å². The van der Waals surface area contributed by atoms with Crippen LogP contribution >= 0.6 is 27.7 Å². The van der Waals surface area contributed by atoms with Gasteiger partial charge in [0.05, 0.1) is 5.25 Å². The molecule has 0 spiro atoms. The maximum Gasteiger partial charge on any atom is 0.339 e. The molecule has 0 saturated heterocycles. The first kappa shape index (κ1) is 15.0. The molecule has 0 bridgehead atoms. The molecule has 8 heteroatoms. The van der Waals surface area contributed by atoms with Crippen molar-refractivity contribution in [2.75, 3.05) is 6.54 Å². The summed E-state index contributed by atoms with van der Waals surface area (Å²) in [7, 11) is 1.63. The maximum absolute atomic E-state index is 11.3. The Morgan fingerprint density at radius 1 is 1.45 bits per heavy atom. The summed E-state index contributed by atoms with van der Waals surface area (Å²) in [5, 5.41) is 2.76. The molecule has 3 N–H and O–H groups in total. The lowest BCUT2D eigenvalue weighted by atomic mass is 10.1. The standard InChI is InChI=1S/C12H13BrN4O2S/c1-17-12(15-10(18)11(19)16-17)20-9(6-14)7-4-2-3-5-8(7)13/h2-5,9H,6,14H2,1H3,(H,16,19). The summed E-state index contributed by atoms with van der Waals surface area (Å²) in [6.45, 7) is 0.377. The Kier molecular flexibility index (Phi) is 4.79. The number of hydrogen-bond acceptors (Lipinski definition) is 5. The number of rotatable bonds is 4. The van der Waals surface area contributed by atoms with Crippen LogP contribution in [0.15, 0.2) is 43.5 Å². The Labute approximate surface area is 127 Å². The van der Waals surface area contributed by atoms with Crippen LogP contribution < -0.4 is 16.9 Å². The number of nitrogens with two attached hydrogens (primary N) is 1. The van der Waals surface area contributed by atoms with Gasteiger partial charge in [-0.2, -0.15) is 4.98 Å². The fraction of sp³-hybridized carbons (Fsp3) is 0.250. The van der Waals surface area contributed by atoms with E-state index in [1.165, 1.54) is 16.4 Å². The lowest BCUT2D eigenvalue weighted by Gasteiger charge is -2.16. The van der Waals surface area contributed by atoms with E-state index in [-0.39, 0.29) is 5.25 Å².